The molecular weight excluding hydrogens is 384 g/mol. The minimum atomic E-state index is 0.00415. The van der Waals surface area contributed by atoms with Crippen LogP contribution in [0.15, 0.2) is 36.4 Å². The summed E-state index contributed by atoms with van der Waals surface area (Å²) in [6.07, 6.45) is 7.92. The van der Waals surface area contributed by atoms with Crippen molar-refractivity contribution in [3.8, 4) is 28.4 Å². The molecule has 2 aliphatic rings. The zero-order valence-electron chi connectivity index (χ0n) is 18.9. The van der Waals surface area contributed by atoms with E-state index in [1.807, 2.05) is 19.1 Å². The molecular formula is C28H32O3. The Morgan fingerprint density at radius 3 is 2.48 bits per heavy atom. The van der Waals surface area contributed by atoms with Gasteiger partial charge >= 0.3 is 0 Å². The van der Waals surface area contributed by atoms with E-state index in [-0.39, 0.29) is 5.41 Å². The Labute approximate surface area is 185 Å². The Hall–Kier alpha value is -2.68. The lowest BCUT2D eigenvalue weighted by molar-refractivity contribution is 0.334. The van der Waals surface area contributed by atoms with E-state index in [2.05, 4.69) is 31.2 Å². The number of rotatable bonds is 5. The standard InChI is InChI=1S/C28H32O3/c1-4-11-19-24(30-3)16-20-23(29)17-22-25(26(20)27(19)31-5-2)18-12-7-8-13-21(18)28(22)14-9-6-10-15-28/h7-8,12-13,16-17,29H,4-6,9-11,14-15H2,1-3H3. The molecule has 0 aromatic heterocycles. The van der Waals surface area contributed by atoms with Crippen LogP contribution >= 0.6 is 0 Å². The summed E-state index contributed by atoms with van der Waals surface area (Å²) in [5.41, 5.74) is 6.38. The Bertz CT molecular complexity index is 1140. The van der Waals surface area contributed by atoms with E-state index >= 15 is 0 Å². The van der Waals surface area contributed by atoms with Crippen molar-refractivity contribution in [1.29, 1.82) is 0 Å². The first kappa shape index (κ1) is 20.2. The number of benzene rings is 3. The second-order valence-electron chi connectivity index (χ2n) is 9.00. The third-order valence-corrected chi connectivity index (χ3v) is 7.36. The molecule has 3 aromatic rings. The fraction of sp³-hybridized carbons (Fsp3) is 0.429. The summed E-state index contributed by atoms with van der Waals surface area (Å²) in [7, 11) is 1.70. The quantitative estimate of drug-likeness (QED) is 0.480. The zero-order valence-corrected chi connectivity index (χ0v) is 18.9. The first-order valence-electron chi connectivity index (χ1n) is 11.8. The highest BCUT2D eigenvalue weighted by molar-refractivity contribution is 6.09. The molecule has 31 heavy (non-hydrogen) atoms. The normalized spacial score (nSPS) is 16.4. The Kier molecular flexibility index (Phi) is 5.08. The van der Waals surface area contributed by atoms with Gasteiger partial charge in [-0.05, 0) is 60.6 Å². The number of methoxy groups -OCH3 is 1. The molecule has 1 fully saturated rings. The van der Waals surface area contributed by atoms with Crippen LogP contribution in [0, 0.1) is 0 Å². The lowest BCUT2D eigenvalue weighted by atomic mass is 9.67. The second-order valence-corrected chi connectivity index (χ2v) is 9.00. The van der Waals surface area contributed by atoms with Gasteiger partial charge in [-0.2, -0.15) is 0 Å². The highest BCUT2D eigenvalue weighted by Crippen LogP contribution is 2.60. The number of hydrogen-bond acceptors (Lipinski definition) is 3. The molecule has 0 heterocycles. The van der Waals surface area contributed by atoms with Crippen LogP contribution in [-0.2, 0) is 11.8 Å². The van der Waals surface area contributed by atoms with E-state index in [1.165, 1.54) is 41.5 Å². The molecule has 0 atom stereocenters. The number of phenolic OH excluding ortho intramolecular Hbond substituents is 1. The summed E-state index contributed by atoms with van der Waals surface area (Å²) in [6.45, 7) is 4.79. The first-order chi connectivity index (χ1) is 15.2. The summed E-state index contributed by atoms with van der Waals surface area (Å²) in [5.74, 6) is 2.01. The van der Waals surface area contributed by atoms with Crippen LogP contribution in [0.3, 0.4) is 0 Å². The fourth-order valence-electron chi connectivity index (χ4n) is 6.13. The minimum absolute atomic E-state index is 0.00415. The molecule has 0 bridgehead atoms. The maximum absolute atomic E-state index is 11.3. The van der Waals surface area contributed by atoms with Gasteiger partial charge < -0.3 is 14.6 Å². The Balaban J connectivity index is 1.94. The van der Waals surface area contributed by atoms with E-state index in [1.54, 1.807) is 7.11 Å². The molecule has 1 N–H and O–H groups in total. The van der Waals surface area contributed by atoms with Gasteiger partial charge in [-0.15, -0.1) is 0 Å². The maximum Gasteiger partial charge on any atom is 0.134 e. The van der Waals surface area contributed by atoms with Crippen molar-refractivity contribution in [3.05, 3.63) is 53.1 Å². The SMILES string of the molecule is CCCc1c(OC)cc2c(O)cc3c(c2c1OCC)-c1ccccc1C31CCCCC1. The molecule has 3 nitrogen and oxygen atoms in total. The van der Waals surface area contributed by atoms with Gasteiger partial charge in [-0.1, -0.05) is 56.9 Å². The van der Waals surface area contributed by atoms with Crippen LogP contribution < -0.4 is 9.47 Å². The summed E-state index contributed by atoms with van der Waals surface area (Å²) in [6, 6.07) is 12.9. The van der Waals surface area contributed by atoms with E-state index in [0.717, 1.165) is 53.5 Å². The monoisotopic (exact) mass is 416 g/mol. The Morgan fingerprint density at radius 1 is 1.00 bits per heavy atom. The molecule has 162 valence electrons. The van der Waals surface area contributed by atoms with E-state index in [9.17, 15) is 5.11 Å². The lowest BCUT2D eigenvalue weighted by Crippen LogP contribution is -2.28. The van der Waals surface area contributed by atoms with Gasteiger partial charge in [0.05, 0.1) is 13.7 Å². The molecule has 0 radical (unpaired) electrons. The number of aromatic hydroxyl groups is 1. The highest BCUT2D eigenvalue weighted by Gasteiger charge is 2.45. The molecule has 0 saturated heterocycles. The topological polar surface area (TPSA) is 38.7 Å². The Morgan fingerprint density at radius 2 is 1.77 bits per heavy atom. The van der Waals surface area contributed by atoms with Crippen molar-refractivity contribution in [3.63, 3.8) is 0 Å². The number of phenols is 1. The van der Waals surface area contributed by atoms with Crippen molar-refractivity contribution in [1.82, 2.24) is 0 Å². The van der Waals surface area contributed by atoms with Gasteiger partial charge in [0.1, 0.15) is 17.2 Å². The molecule has 5 rings (SSSR count). The first-order valence-corrected chi connectivity index (χ1v) is 11.8. The van der Waals surface area contributed by atoms with E-state index in [4.69, 9.17) is 9.47 Å². The van der Waals surface area contributed by atoms with Crippen molar-refractivity contribution in [2.75, 3.05) is 13.7 Å². The molecule has 3 heteroatoms. The molecule has 1 saturated carbocycles. The van der Waals surface area contributed by atoms with Gasteiger partial charge in [0.15, 0.2) is 0 Å². The smallest absolute Gasteiger partial charge is 0.134 e. The van der Waals surface area contributed by atoms with Gasteiger partial charge in [0.2, 0.25) is 0 Å². The zero-order chi connectivity index (χ0) is 21.6. The predicted octanol–water partition coefficient (Wildman–Crippen LogP) is 7.14. The van der Waals surface area contributed by atoms with Crippen LogP contribution in [0.2, 0.25) is 0 Å². The molecule has 1 spiro atoms. The average molecular weight is 417 g/mol. The fourth-order valence-corrected chi connectivity index (χ4v) is 6.13. The molecule has 0 amide bonds. The van der Waals surface area contributed by atoms with Crippen molar-refractivity contribution in [2.24, 2.45) is 0 Å². The van der Waals surface area contributed by atoms with Crippen molar-refractivity contribution >= 4 is 10.8 Å². The summed E-state index contributed by atoms with van der Waals surface area (Å²) in [5, 5.41) is 13.1. The van der Waals surface area contributed by atoms with Crippen LogP contribution in [0.4, 0.5) is 0 Å². The summed E-state index contributed by atoms with van der Waals surface area (Å²) >= 11 is 0. The molecule has 2 aliphatic carbocycles. The van der Waals surface area contributed by atoms with Crippen LogP contribution in [0.25, 0.3) is 21.9 Å². The number of fused-ring (bicyclic) bond motifs is 7. The summed E-state index contributed by atoms with van der Waals surface area (Å²) < 4.78 is 12.1. The van der Waals surface area contributed by atoms with Crippen LogP contribution in [0.1, 0.15) is 69.1 Å². The number of ether oxygens (including phenoxy) is 2. The third-order valence-electron chi connectivity index (χ3n) is 7.36. The van der Waals surface area contributed by atoms with E-state index in [0.29, 0.717) is 12.4 Å². The molecule has 0 unspecified atom stereocenters. The highest BCUT2D eigenvalue weighted by atomic mass is 16.5. The second kappa shape index (κ2) is 7.78. The van der Waals surface area contributed by atoms with Gasteiger partial charge in [0.25, 0.3) is 0 Å². The lowest BCUT2D eigenvalue weighted by Gasteiger charge is -2.36. The van der Waals surface area contributed by atoms with Crippen LogP contribution in [0.5, 0.6) is 17.2 Å². The summed E-state index contributed by atoms with van der Waals surface area (Å²) in [4.78, 5) is 0. The van der Waals surface area contributed by atoms with Gasteiger partial charge in [0, 0.05) is 21.8 Å². The van der Waals surface area contributed by atoms with Gasteiger partial charge in [-0.3, -0.25) is 0 Å². The maximum atomic E-state index is 11.3. The van der Waals surface area contributed by atoms with Crippen molar-refractivity contribution < 1.29 is 14.6 Å². The van der Waals surface area contributed by atoms with Crippen molar-refractivity contribution in [2.45, 2.75) is 64.2 Å². The minimum Gasteiger partial charge on any atom is -0.507 e. The van der Waals surface area contributed by atoms with E-state index < -0.39 is 0 Å². The van der Waals surface area contributed by atoms with Gasteiger partial charge in [-0.25, -0.2) is 0 Å². The molecule has 3 aromatic carbocycles. The predicted molar refractivity (Wildman–Crippen MR) is 127 cm³/mol. The van der Waals surface area contributed by atoms with Crippen LogP contribution in [-0.4, -0.2) is 18.8 Å². The largest absolute Gasteiger partial charge is 0.507 e. The third kappa shape index (κ3) is 2.86. The number of hydrogen-bond donors (Lipinski definition) is 1. The average Bonchev–Trinajstić information content (AvgIpc) is 3.05. The molecule has 0 aliphatic heterocycles.